The van der Waals surface area contributed by atoms with Gasteiger partial charge in [-0.25, -0.2) is 0 Å². The molecule has 0 spiro atoms. The maximum atomic E-state index is 12.8. The van der Waals surface area contributed by atoms with Gasteiger partial charge in [0.1, 0.15) is 0 Å². The summed E-state index contributed by atoms with van der Waals surface area (Å²) >= 11 is 0. The normalized spacial score (nSPS) is 10.7. The minimum absolute atomic E-state index is 0.125. The van der Waals surface area contributed by atoms with Crippen LogP contribution in [0, 0.1) is 6.92 Å². The highest BCUT2D eigenvalue weighted by Crippen LogP contribution is 2.21. The van der Waals surface area contributed by atoms with Crippen molar-refractivity contribution >= 4 is 11.6 Å². The molecule has 1 aromatic carbocycles. The fourth-order valence-electron chi connectivity index (χ4n) is 2.24. The molecule has 0 aliphatic rings. The van der Waals surface area contributed by atoms with Crippen LogP contribution in [0.3, 0.4) is 0 Å². The van der Waals surface area contributed by atoms with Crippen LogP contribution in [-0.2, 0) is 0 Å². The molecule has 0 heterocycles. The van der Waals surface area contributed by atoms with Crippen LogP contribution in [0.15, 0.2) is 18.2 Å². The second-order valence-electron chi connectivity index (χ2n) is 5.57. The molecule has 3 nitrogen and oxygen atoms in total. The third-order valence-electron chi connectivity index (χ3n) is 3.32. The number of amides is 1. The number of carbonyl (C=O) groups excluding carboxylic acids is 1. The quantitative estimate of drug-likeness (QED) is 0.814. The maximum absolute atomic E-state index is 12.8. The van der Waals surface area contributed by atoms with E-state index in [1.807, 2.05) is 17.0 Å². The van der Waals surface area contributed by atoms with E-state index in [-0.39, 0.29) is 11.9 Å². The molecule has 1 N–H and O–H groups in total. The van der Waals surface area contributed by atoms with Gasteiger partial charge in [0, 0.05) is 24.8 Å². The van der Waals surface area contributed by atoms with Gasteiger partial charge in [0.25, 0.3) is 5.91 Å². The molecule has 1 amide bonds. The summed E-state index contributed by atoms with van der Waals surface area (Å²) < 4.78 is 0. The Hall–Kier alpha value is -1.51. The van der Waals surface area contributed by atoms with Crippen LogP contribution in [0.5, 0.6) is 0 Å². The third kappa shape index (κ3) is 4.26. The van der Waals surface area contributed by atoms with Crippen LogP contribution >= 0.6 is 0 Å². The molecule has 1 rings (SSSR count). The molecule has 0 aromatic heterocycles. The van der Waals surface area contributed by atoms with Crippen molar-refractivity contribution in [2.75, 3.05) is 18.4 Å². The summed E-state index contributed by atoms with van der Waals surface area (Å²) in [4.78, 5) is 14.7. The van der Waals surface area contributed by atoms with Gasteiger partial charge in [-0.3, -0.25) is 4.79 Å². The van der Waals surface area contributed by atoms with Gasteiger partial charge < -0.3 is 10.2 Å². The molecule has 1 aromatic rings. The first kappa shape index (κ1) is 16.5. The van der Waals surface area contributed by atoms with Gasteiger partial charge >= 0.3 is 0 Å². The van der Waals surface area contributed by atoms with Crippen molar-refractivity contribution in [3.8, 4) is 0 Å². The molecular formula is C17H28N2O. The highest BCUT2D eigenvalue weighted by Gasteiger charge is 2.20. The molecule has 0 aliphatic carbocycles. The van der Waals surface area contributed by atoms with Crippen LogP contribution in [0.1, 0.15) is 56.5 Å². The lowest BCUT2D eigenvalue weighted by Crippen LogP contribution is -2.37. The predicted octanol–water partition coefficient (Wildman–Crippen LogP) is 4.08. The molecule has 0 bridgehead atoms. The summed E-state index contributed by atoms with van der Waals surface area (Å²) in [6.07, 6.45) is 2.03. The van der Waals surface area contributed by atoms with Crippen molar-refractivity contribution in [3.63, 3.8) is 0 Å². The molecule has 112 valence electrons. The number of nitrogens with zero attached hydrogens (tertiary/aromatic N) is 1. The molecule has 0 aliphatic heterocycles. The first-order valence-electron chi connectivity index (χ1n) is 7.66. The van der Waals surface area contributed by atoms with Crippen LogP contribution in [0.2, 0.25) is 0 Å². The highest BCUT2D eigenvalue weighted by molar-refractivity contribution is 5.99. The second-order valence-corrected chi connectivity index (χ2v) is 5.57. The third-order valence-corrected chi connectivity index (χ3v) is 3.32. The molecule has 0 fully saturated rings. The van der Waals surface area contributed by atoms with E-state index in [9.17, 15) is 4.79 Å². The van der Waals surface area contributed by atoms with E-state index >= 15 is 0 Å². The zero-order valence-electron chi connectivity index (χ0n) is 13.5. The number of hydrogen-bond acceptors (Lipinski definition) is 2. The molecule has 0 atom stereocenters. The fourth-order valence-corrected chi connectivity index (χ4v) is 2.24. The van der Waals surface area contributed by atoms with Crippen molar-refractivity contribution in [2.24, 2.45) is 0 Å². The van der Waals surface area contributed by atoms with E-state index in [4.69, 9.17) is 0 Å². The summed E-state index contributed by atoms with van der Waals surface area (Å²) in [5.74, 6) is 0.125. The molecule has 0 saturated carbocycles. The number of anilines is 1. The number of carbonyl (C=O) groups is 1. The van der Waals surface area contributed by atoms with Crippen molar-refractivity contribution in [3.05, 3.63) is 29.3 Å². The Labute approximate surface area is 123 Å². The topological polar surface area (TPSA) is 32.3 Å². The van der Waals surface area contributed by atoms with E-state index in [1.54, 1.807) is 0 Å². The first-order valence-corrected chi connectivity index (χ1v) is 7.66. The van der Waals surface area contributed by atoms with Crippen molar-refractivity contribution < 1.29 is 4.79 Å². The standard InChI is InChI=1S/C17H28N2O/c1-6-10-18-16-12-14(5)8-9-15(16)17(20)19(11-7-2)13(3)4/h8-9,12-13,18H,6-7,10-11H2,1-5H3. The monoisotopic (exact) mass is 276 g/mol. The van der Waals surface area contributed by atoms with Gasteiger partial charge in [-0.2, -0.15) is 0 Å². The van der Waals surface area contributed by atoms with Crippen LogP contribution in [0.25, 0.3) is 0 Å². The highest BCUT2D eigenvalue weighted by atomic mass is 16.2. The van der Waals surface area contributed by atoms with Gasteiger partial charge in [0.15, 0.2) is 0 Å². The molecule has 0 unspecified atom stereocenters. The van der Waals surface area contributed by atoms with Gasteiger partial charge in [-0.15, -0.1) is 0 Å². The van der Waals surface area contributed by atoms with Gasteiger partial charge in [-0.1, -0.05) is 19.9 Å². The van der Waals surface area contributed by atoms with Crippen molar-refractivity contribution in [1.82, 2.24) is 4.90 Å². The fraction of sp³-hybridized carbons (Fsp3) is 0.588. The Bertz CT molecular complexity index is 441. The van der Waals surface area contributed by atoms with Gasteiger partial charge in [0.2, 0.25) is 0 Å². The molecule has 0 radical (unpaired) electrons. The Morgan fingerprint density at radius 2 is 1.95 bits per heavy atom. The largest absolute Gasteiger partial charge is 0.384 e. The summed E-state index contributed by atoms with van der Waals surface area (Å²) in [5, 5.41) is 3.37. The second kappa shape index (κ2) is 7.93. The van der Waals surface area contributed by atoms with E-state index in [2.05, 4.69) is 46.0 Å². The SMILES string of the molecule is CCCNc1cc(C)ccc1C(=O)N(CCC)C(C)C. The minimum Gasteiger partial charge on any atom is -0.384 e. The van der Waals surface area contributed by atoms with Crippen molar-refractivity contribution in [1.29, 1.82) is 0 Å². The van der Waals surface area contributed by atoms with Crippen LogP contribution in [-0.4, -0.2) is 29.9 Å². The van der Waals surface area contributed by atoms with E-state index in [1.165, 1.54) is 5.56 Å². The van der Waals surface area contributed by atoms with E-state index < -0.39 is 0 Å². The molecule has 0 saturated heterocycles. The summed E-state index contributed by atoms with van der Waals surface area (Å²) in [5.41, 5.74) is 2.91. The molecule has 20 heavy (non-hydrogen) atoms. The zero-order valence-corrected chi connectivity index (χ0v) is 13.5. The lowest BCUT2D eigenvalue weighted by Gasteiger charge is -2.27. The Morgan fingerprint density at radius 1 is 1.25 bits per heavy atom. The van der Waals surface area contributed by atoms with Crippen molar-refractivity contribution in [2.45, 2.75) is 53.5 Å². The average Bonchev–Trinajstić information content (AvgIpc) is 2.41. The minimum atomic E-state index is 0.125. The number of hydrogen-bond donors (Lipinski definition) is 1. The van der Waals surface area contributed by atoms with E-state index in [0.29, 0.717) is 0 Å². The number of nitrogens with one attached hydrogen (secondary N) is 1. The van der Waals surface area contributed by atoms with Crippen LogP contribution in [0.4, 0.5) is 5.69 Å². The zero-order chi connectivity index (χ0) is 15.1. The van der Waals surface area contributed by atoms with Crippen LogP contribution < -0.4 is 5.32 Å². The molecule has 3 heteroatoms. The first-order chi connectivity index (χ1) is 9.51. The lowest BCUT2D eigenvalue weighted by atomic mass is 10.1. The smallest absolute Gasteiger partial charge is 0.256 e. The average molecular weight is 276 g/mol. The lowest BCUT2D eigenvalue weighted by molar-refractivity contribution is 0.0707. The summed E-state index contributed by atoms with van der Waals surface area (Å²) in [6.45, 7) is 12.1. The Morgan fingerprint density at radius 3 is 2.50 bits per heavy atom. The van der Waals surface area contributed by atoms with E-state index in [0.717, 1.165) is 37.2 Å². The Kier molecular flexibility index (Phi) is 6.56. The summed E-state index contributed by atoms with van der Waals surface area (Å²) in [7, 11) is 0. The van der Waals surface area contributed by atoms with Gasteiger partial charge in [-0.05, 0) is 51.3 Å². The predicted molar refractivity (Wildman–Crippen MR) is 86.4 cm³/mol. The summed E-state index contributed by atoms with van der Waals surface area (Å²) in [6, 6.07) is 6.24. The van der Waals surface area contributed by atoms with Gasteiger partial charge in [0.05, 0.1) is 5.56 Å². The molecular weight excluding hydrogens is 248 g/mol. The number of aryl methyl sites for hydroxylation is 1. The maximum Gasteiger partial charge on any atom is 0.256 e. The Balaban J connectivity index is 3.06. The number of benzene rings is 1. The number of rotatable bonds is 7.